The summed E-state index contributed by atoms with van der Waals surface area (Å²) in [5, 5.41) is 12.9. The van der Waals surface area contributed by atoms with Gasteiger partial charge in [-0.25, -0.2) is 9.48 Å². The summed E-state index contributed by atoms with van der Waals surface area (Å²) in [7, 11) is 0. The van der Waals surface area contributed by atoms with Crippen LogP contribution in [0.2, 0.25) is 0 Å². The molecule has 82 valence electrons. The van der Waals surface area contributed by atoms with Gasteiger partial charge in [0.2, 0.25) is 0 Å². The van der Waals surface area contributed by atoms with Gasteiger partial charge in [0.15, 0.2) is 5.69 Å². The van der Waals surface area contributed by atoms with E-state index in [-0.39, 0.29) is 5.69 Å². The van der Waals surface area contributed by atoms with Crippen molar-refractivity contribution in [1.29, 1.82) is 0 Å². The fraction of sp³-hybridized carbons (Fsp3) is 0.167. The van der Waals surface area contributed by atoms with Crippen molar-refractivity contribution in [2.45, 2.75) is 13.8 Å². The molecule has 4 nitrogen and oxygen atoms in total. The van der Waals surface area contributed by atoms with Crippen molar-refractivity contribution in [2.24, 2.45) is 0 Å². The topological polar surface area (TPSA) is 55.1 Å². The third kappa shape index (κ3) is 1.82. The summed E-state index contributed by atoms with van der Waals surface area (Å²) in [5.74, 6) is -1.01. The summed E-state index contributed by atoms with van der Waals surface area (Å²) in [6.07, 6.45) is 0. The summed E-state index contributed by atoms with van der Waals surface area (Å²) >= 11 is 0. The third-order valence-electron chi connectivity index (χ3n) is 2.39. The van der Waals surface area contributed by atoms with Gasteiger partial charge in [0, 0.05) is 5.69 Å². The van der Waals surface area contributed by atoms with Gasteiger partial charge >= 0.3 is 5.97 Å². The molecule has 0 radical (unpaired) electrons. The highest BCUT2D eigenvalue weighted by molar-refractivity contribution is 5.85. The molecule has 4 heteroatoms. The summed E-state index contributed by atoms with van der Waals surface area (Å²) in [6.45, 7) is 3.84. The molecule has 1 aromatic heterocycles. The molecule has 0 saturated heterocycles. The van der Waals surface area contributed by atoms with Crippen molar-refractivity contribution >= 4 is 5.97 Å². The van der Waals surface area contributed by atoms with Gasteiger partial charge in [-0.1, -0.05) is 17.7 Å². The van der Waals surface area contributed by atoms with E-state index in [1.807, 2.05) is 38.1 Å². The van der Waals surface area contributed by atoms with E-state index in [0.29, 0.717) is 0 Å². The van der Waals surface area contributed by atoms with E-state index in [1.165, 1.54) is 0 Å². The molecule has 0 spiro atoms. The van der Waals surface area contributed by atoms with E-state index in [9.17, 15) is 4.79 Å². The van der Waals surface area contributed by atoms with E-state index in [2.05, 4.69) is 5.10 Å². The summed E-state index contributed by atoms with van der Waals surface area (Å²) in [5.41, 5.74) is 2.90. The lowest BCUT2D eigenvalue weighted by atomic mass is 10.2. The quantitative estimate of drug-likeness (QED) is 0.837. The van der Waals surface area contributed by atoms with Crippen LogP contribution in [0.3, 0.4) is 0 Å². The lowest BCUT2D eigenvalue weighted by Crippen LogP contribution is -2.02. The zero-order valence-electron chi connectivity index (χ0n) is 9.14. The summed E-state index contributed by atoms with van der Waals surface area (Å²) in [4.78, 5) is 10.8. The Kier molecular flexibility index (Phi) is 2.48. The van der Waals surface area contributed by atoms with Gasteiger partial charge < -0.3 is 5.11 Å². The number of rotatable bonds is 2. The van der Waals surface area contributed by atoms with Crippen LogP contribution in [0.15, 0.2) is 30.3 Å². The molecule has 0 saturated carbocycles. The van der Waals surface area contributed by atoms with Crippen LogP contribution in [0.25, 0.3) is 5.69 Å². The van der Waals surface area contributed by atoms with Crippen LogP contribution >= 0.6 is 0 Å². The van der Waals surface area contributed by atoms with Crippen LogP contribution in [0.4, 0.5) is 0 Å². The van der Waals surface area contributed by atoms with Gasteiger partial charge in [-0.15, -0.1) is 0 Å². The highest BCUT2D eigenvalue weighted by Crippen LogP contribution is 2.12. The van der Waals surface area contributed by atoms with E-state index in [1.54, 1.807) is 10.7 Å². The zero-order chi connectivity index (χ0) is 11.7. The number of carbonyl (C=O) groups is 1. The van der Waals surface area contributed by atoms with Crippen LogP contribution in [0.5, 0.6) is 0 Å². The largest absolute Gasteiger partial charge is 0.476 e. The minimum Gasteiger partial charge on any atom is -0.476 e. The Morgan fingerprint density at radius 3 is 2.38 bits per heavy atom. The normalized spacial score (nSPS) is 10.4. The lowest BCUT2D eigenvalue weighted by Gasteiger charge is -2.03. The monoisotopic (exact) mass is 216 g/mol. The number of carboxylic acid groups (broad SMARTS) is 1. The number of aromatic nitrogens is 2. The fourth-order valence-electron chi connectivity index (χ4n) is 1.53. The maximum atomic E-state index is 10.8. The predicted molar refractivity (Wildman–Crippen MR) is 60.0 cm³/mol. The highest BCUT2D eigenvalue weighted by atomic mass is 16.4. The van der Waals surface area contributed by atoms with Gasteiger partial charge in [-0.3, -0.25) is 0 Å². The first kappa shape index (κ1) is 10.4. The van der Waals surface area contributed by atoms with Crippen molar-refractivity contribution in [3.63, 3.8) is 0 Å². The second-order valence-corrected chi connectivity index (χ2v) is 3.72. The molecule has 0 aliphatic heterocycles. The molecule has 0 bridgehead atoms. The Bertz CT molecular complexity index is 526. The summed E-state index contributed by atoms with van der Waals surface area (Å²) < 4.78 is 1.63. The predicted octanol–water partition coefficient (Wildman–Crippen LogP) is 2.19. The Balaban J connectivity index is 2.47. The molecule has 0 fully saturated rings. The van der Waals surface area contributed by atoms with E-state index >= 15 is 0 Å². The molecule has 1 N–H and O–H groups in total. The van der Waals surface area contributed by atoms with Gasteiger partial charge in [0.05, 0.1) is 5.69 Å². The molecule has 1 heterocycles. The van der Waals surface area contributed by atoms with Crippen molar-refractivity contribution in [3.05, 3.63) is 47.3 Å². The van der Waals surface area contributed by atoms with E-state index < -0.39 is 5.97 Å². The maximum Gasteiger partial charge on any atom is 0.356 e. The SMILES string of the molecule is Cc1ccc(-n2nc(C(=O)O)cc2C)cc1. The standard InChI is InChI=1S/C12H12N2O2/c1-8-3-5-10(6-4-8)14-9(2)7-11(13-14)12(15)16/h3-7H,1-2H3,(H,15,16). The fourth-order valence-corrected chi connectivity index (χ4v) is 1.53. The number of nitrogens with zero attached hydrogens (tertiary/aromatic N) is 2. The number of aromatic carboxylic acids is 1. The number of benzene rings is 1. The van der Waals surface area contributed by atoms with Gasteiger partial charge in [-0.05, 0) is 32.0 Å². The maximum absolute atomic E-state index is 10.8. The molecular weight excluding hydrogens is 204 g/mol. The summed E-state index contributed by atoms with van der Waals surface area (Å²) in [6, 6.07) is 9.33. The molecule has 16 heavy (non-hydrogen) atoms. The Labute approximate surface area is 93.1 Å². The van der Waals surface area contributed by atoms with E-state index in [4.69, 9.17) is 5.11 Å². The zero-order valence-corrected chi connectivity index (χ0v) is 9.14. The van der Waals surface area contributed by atoms with Crippen molar-refractivity contribution < 1.29 is 9.90 Å². The first-order chi connectivity index (χ1) is 7.58. The highest BCUT2D eigenvalue weighted by Gasteiger charge is 2.11. The first-order valence-electron chi connectivity index (χ1n) is 4.95. The molecule has 1 aromatic carbocycles. The van der Waals surface area contributed by atoms with Gasteiger partial charge in [0.1, 0.15) is 0 Å². The Hall–Kier alpha value is -2.10. The molecule has 0 unspecified atom stereocenters. The Morgan fingerprint density at radius 2 is 1.88 bits per heavy atom. The number of carboxylic acids is 1. The van der Waals surface area contributed by atoms with Crippen LogP contribution in [0.1, 0.15) is 21.7 Å². The molecule has 0 aliphatic carbocycles. The molecule has 2 aromatic rings. The first-order valence-corrected chi connectivity index (χ1v) is 4.95. The molecular formula is C12H12N2O2. The average Bonchev–Trinajstić information content (AvgIpc) is 2.62. The lowest BCUT2D eigenvalue weighted by molar-refractivity contribution is 0.0690. The number of hydrogen-bond donors (Lipinski definition) is 1. The van der Waals surface area contributed by atoms with Crippen molar-refractivity contribution in [2.75, 3.05) is 0 Å². The molecule has 2 rings (SSSR count). The van der Waals surface area contributed by atoms with Gasteiger partial charge in [-0.2, -0.15) is 5.10 Å². The Morgan fingerprint density at radius 1 is 1.25 bits per heavy atom. The van der Waals surface area contributed by atoms with Crippen molar-refractivity contribution in [1.82, 2.24) is 9.78 Å². The molecule has 0 atom stereocenters. The van der Waals surface area contributed by atoms with E-state index in [0.717, 1.165) is 16.9 Å². The second-order valence-electron chi connectivity index (χ2n) is 3.72. The number of aryl methyl sites for hydroxylation is 2. The molecule has 0 amide bonds. The van der Waals surface area contributed by atoms with Crippen LogP contribution < -0.4 is 0 Å². The van der Waals surface area contributed by atoms with Crippen LogP contribution in [-0.4, -0.2) is 20.9 Å². The van der Waals surface area contributed by atoms with Crippen LogP contribution in [-0.2, 0) is 0 Å². The second kappa shape index (κ2) is 3.81. The van der Waals surface area contributed by atoms with Gasteiger partial charge in [0.25, 0.3) is 0 Å². The minimum atomic E-state index is -1.01. The number of hydrogen-bond acceptors (Lipinski definition) is 2. The minimum absolute atomic E-state index is 0.0677. The molecule has 0 aliphatic rings. The third-order valence-corrected chi connectivity index (χ3v) is 2.39. The van der Waals surface area contributed by atoms with Crippen molar-refractivity contribution in [3.8, 4) is 5.69 Å². The van der Waals surface area contributed by atoms with Crippen LogP contribution in [0, 0.1) is 13.8 Å². The smallest absolute Gasteiger partial charge is 0.356 e. The average molecular weight is 216 g/mol.